The first-order valence-electron chi connectivity index (χ1n) is 5.69. The molecule has 3 heteroatoms. The Labute approximate surface area is 86.2 Å². The molecular weight excluding hydrogens is 178 g/mol. The van der Waals surface area contributed by atoms with E-state index >= 15 is 0 Å². The van der Waals surface area contributed by atoms with Crippen LogP contribution in [0.15, 0.2) is 0 Å². The van der Waals surface area contributed by atoms with Gasteiger partial charge in [0.25, 0.3) is 0 Å². The fraction of sp³-hybridized carbons (Fsp3) is 0.909. The maximum Gasteiger partial charge on any atom is 0.305 e. The van der Waals surface area contributed by atoms with E-state index in [1.54, 1.807) is 0 Å². The van der Waals surface area contributed by atoms with Crippen LogP contribution in [0, 0.1) is 5.92 Å². The molecule has 1 rings (SSSR count). The SMILES string of the molecule is CCCOC(=O)CCC1CCNCC1. The van der Waals surface area contributed by atoms with Gasteiger partial charge in [-0.1, -0.05) is 6.92 Å². The van der Waals surface area contributed by atoms with Crippen LogP contribution < -0.4 is 5.32 Å². The Morgan fingerprint density at radius 2 is 2.14 bits per heavy atom. The summed E-state index contributed by atoms with van der Waals surface area (Å²) in [6.45, 7) is 4.80. The van der Waals surface area contributed by atoms with Gasteiger partial charge in [0.2, 0.25) is 0 Å². The molecule has 1 N–H and O–H groups in total. The van der Waals surface area contributed by atoms with Gasteiger partial charge in [-0.05, 0) is 44.7 Å². The van der Waals surface area contributed by atoms with Crippen LogP contribution in [0.4, 0.5) is 0 Å². The first-order valence-corrected chi connectivity index (χ1v) is 5.69. The van der Waals surface area contributed by atoms with Crippen molar-refractivity contribution in [3.8, 4) is 0 Å². The number of rotatable bonds is 5. The minimum atomic E-state index is -0.0228. The minimum absolute atomic E-state index is 0.0228. The molecule has 14 heavy (non-hydrogen) atoms. The summed E-state index contributed by atoms with van der Waals surface area (Å²) in [5, 5.41) is 3.32. The van der Waals surface area contributed by atoms with E-state index in [-0.39, 0.29) is 5.97 Å². The van der Waals surface area contributed by atoms with Gasteiger partial charge < -0.3 is 10.1 Å². The van der Waals surface area contributed by atoms with Crippen molar-refractivity contribution in [1.82, 2.24) is 5.32 Å². The third-order valence-corrected chi connectivity index (χ3v) is 2.68. The number of esters is 1. The molecule has 0 aliphatic carbocycles. The van der Waals surface area contributed by atoms with Crippen molar-refractivity contribution in [2.45, 2.75) is 39.0 Å². The summed E-state index contributed by atoms with van der Waals surface area (Å²) in [4.78, 5) is 11.2. The zero-order chi connectivity index (χ0) is 10.2. The van der Waals surface area contributed by atoms with E-state index in [2.05, 4.69) is 5.32 Å². The molecule has 0 aromatic carbocycles. The fourth-order valence-corrected chi connectivity index (χ4v) is 1.78. The lowest BCUT2D eigenvalue weighted by Crippen LogP contribution is -2.28. The summed E-state index contributed by atoms with van der Waals surface area (Å²) in [6, 6.07) is 0. The molecule has 0 unspecified atom stereocenters. The van der Waals surface area contributed by atoms with Crippen molar-refractivity contribution in [2.75, 3.05) is 19.7 Å². The van der Waals surface area contributed by atoms with Crippen molar-refractivity contribution in [2.24, 2.45) is 5.92 Å². The Morgan fingerprint density at radius 3 is 2.79 bits per heavy atom. The second-order valence-corrected chi connectivity index (χ2v) is 3.95. The monoisotopic (exact) mass is 199 g/mol. The number of hydrogen-bond donors (Lipinski definition) is 1. The lowest BCUT2D eigenvalue weighted by atomic mass is 9.93. The van der Waals surface area contributed by atoms with Gasteiger partial charge in [0.05, 0.1) is 6.61 Å². The highest BCUT2D eigenvalue weighted by atomic mass is 16.5. The van der Waals surface area contributed by atoms with E-state index in [0.29, 0.717) is 13.0 Å². The van der Waals surface area contributed by atoms with E-state index in [0.717, 1.165) is 31.8 Å². The molecule has 0 radical (unpaired) electrons. The van der Waals surface area contributed by atoms with Crippen LogP contribution in [-0.2, 0) is 9.53 Å². The highest BCUT2D eigenvalue weighted by Gasteiger charge is 2.14. The third kappa shape index (κ3) is 4.61. The molecule has 0 amide bonds. The number of carbonyl (C=O) groups excluding carboxylic acids is 1. The van der Waals surface area contributed by atoms with Crippen LogP contribution >= 0.6 is 0 Å². The molecule has 0 saturated carbocycles. The van der Waals surface area contributed by atoms with E-state index in [4.69, 9.17) is 4.74 Å². The predicted molar refractivity (Wildman–Crippen MR) is 56.1 cm³/mol. The first-order chi connectivity index (χ1) is 6.83. The van der Waals surface area contributed by atoms with Gasteiger partial charge in [-0.25, -0.2) is 0 Å². The molecule has 0 bridgehead atoms. The van der Waals surface area contributed by atoms with Gasteiger partial charge in [0.15, 0.2) is 0 Å². The zero-order valence-corrected chi connectivity index (χ0v) is 9.05. The smallest absolute Gasteiger partial charge is 0.305 e. The highest BCUT2D eigenvalue weighted by Crippen LogP contribution is 2.17. The molecule has 1 fully saturated rings. The summed E-state index contributed by atoms with van der Waals surface area (Å²) in [6.07, 6.45) is 4.94. The average Bonchev–Trinajstić information content (AvgIpc) is 2.25. The summed E-state index contributed by atoms with van der Waals surface area (Å²) in [7, 11) is 0. The summed E-state index contributed by atoms with van der Waals surface area (Å²) >= 11 is 0. The maximum absolute atomic E-state index is 11.2. The largest absolute Gasteiger partial charge is 0.466 e. The van der Waals surface area contributed by atoms with E-state index in [1.807, 2.05) is 6.92 Å². The van der Waals surface area contributed by atoms with Crippen LogP contribution in [0.2, 0.25) is 0 Å². The van der Waals surface area contributed by atoms with Gasteiger partial charge in [-0.2, -0.15) is 0 Å². The Kier molecular flexibility index (Phi) is 5.60. The molecular formula is C11H21NO2. The van der Waals surface area contributed by atoms with E-state index < -0.39 is 0 Å². The summed E-state index contributed by atoms with van der Waals surface area (Å²) in [5.74, 6) is 0.704. The standard InChI is InChI=1S/C11H21NO2/c1-2-9-14-11(13)4-3-10-5-7-12-8-6-10/h10,12H,2-9H2,1H3. The highest BCUT2D eigenvalue weighted by molar-refractivity contribution is 5.69. The minimum Gasteiger partial charge on any atom is -0.466 e. The molecule has 1 aliphatic heterocycles. The molecule has 1 heterocycles. The lowest BCUT2D eigenvalue weighted by Gasteiger charge is -2.21. The molecule has 0 aromatic heterocycles. The number of hydrogen-bond acceptors (Lipinski definition) is 3. The fourth-order valence-electron chi connectivity index (χ4n) is 1.78. The molecule has 1 aliphatic rings. The Bertz CT molecular complexity index is 165. The summed E-state index contributed by atoms with van der Waals surface area (Å²) in [5.41, 5.74) is 0. The molecule has 3 nitrogen and oxygen atoms in total. The van der Waals surface area contributed by atoms with Gasteiger partial charge >= 0.3 is 5.97 Å². The van der Waals surface area contributed by atoms with E-state index in [1.165, 1.54) is 12.8 Å². The Morgan fingerprint density at radius 1 is 1.43 bits per heavy atom. The quantitative estimate of drug-likeness (QED) is 0.685. The van der Waals surface area contributed by atoms with Crippen molar-refractivity contribution >= 4 is 5.97 Å². The third-order valence-electron chi connectivity index (χ3n) is 2.68. The van der Waals surface area contributed by atoms with Crippen molar-refractivity contribution in [3.05, 3.63) is 0 Å². The van der Waals surface area contributed by atoms with Crippen molar-refractivity contribution < 1.29 is 9.53 Å². The first kappa shape index (κ1) is 11.5. The molecule has 1 saturated heterocycles. The van der Waals surface area contributed by atoms with Gasteiger partial charge in [0, 0.05) is 6.42 Å². The van der Waals surface area contributed by atoms with E-state index in [9.17, 15) is 4.79 Å². The van der Waals surface area contributed by atoms with Crippen LogP contribution in [-0.4, -0.2) is 25.7 Å². The van der Waals surface area contributed by atoms with Gasteiger partial charge in [-0.15, -0.1) is 0 Å². The van der Waals surface area contributed by atoms with Gasteiger partial charge in [-0.3, -0.25) is 4.79 Å². The zero-order valence-electron chi connectivity index (χ0n) is 9.05. The molecule has 0 spiro atoms. The van der Waals surface area contributed by atoms with Crippen LogP contribution in [0.5, 0.6) is 0 Å². The maximum atomic E-state index is 11.2. The second-order valence-electron chi connectivity index (χ2n) is 3.95. The topological polar surface area (TPSA) is 38.3 Å². The predicted octanol–water partition coefficient (Wildman–Crippen LogP) is 1.72. The molecule has 0 aromatic rings. The van der Waals surface area contributed by atoms with Crippen LogP contribution in [0.1, 0.15) is 39.0 Å². The number of piperidine rings is 1. The number of nitrogens with one attached hydrogen (secondary N) is 1. The van der Waals surface area contributed by atoms with Crippen LogP contribution in [0.25, 0.3) is 0 Å². The number of ether oxygens (including phenoxy) is 1. The normalized spacial score (nSPS) is 18.1. The van der Waals surface area contributed by atoms with Crippen molar-refractivity contribution in [1.29, 1.82) is 0 Å². The van der Waals surface area contributed by atoms with Crippen molar-refractivity contribution in [3.63, 3.8) is 0 Å². The summed E-state index contributed by atoms with van der Waals surface area (Å²) < 4.78 is 5.03. The number of carbonyl (C=O) groups is 1. The Hall–Kier alpha value is -0.570. The molecule has 82 valence electrons. The lowest BCUT2D eigenvalue weighted by molar-refractivity contribution is -0.144. The van der Waals surface area contributed by atoms with Crippen LogP contribution in [0.3, 0.4) is 0 Å². The average molecular weight is 199 g/mol. The molecule has 0 atom stereocenters. The van der Waals surface area contributed by atoms with Gasteiger partial charge in [0.1, 0.15) is 0 Å². The second kappa shape index (κ2) is 6.82. The Balaban J connectivity index is 2.03.